The lowest BCUT2D eigenvalue weighted by Crippen LogP contribution is -2.41. The number of anilines is 1. The number of rotatable bonds is 11. The van der Waals surface area contributed by atoms with Crippen LogP contribution in [0.25, 0.3) is 11.2 Å². The fourth-order valence-corrected chi connectivity index (χ4v) is 4.31. The summed E-state index contributed by atoms with van der Waals surface area (Å²) in [5.74, 6) is 5.70. The minimum Gasteiger partial charge on any atom is -0.385 e. The highest BCUT2D eigenvalue weighted by atomic mass is 32.3. The molecule has 180 valence electrons. The lowest BCUT2D eigenvalue weighted by molar-refractivity contribution is -0.0433. The van der Waals surface area contributed by atoms with E-state index in [0.29, 0.717) is 36.6 Å². The topological polar surface area (TPSA) is 201 Å². The van der Waals surface area contributed by atoms with Gasteiger partial charge in [0.15, 0.2) is 23.2 Å². The van der Waals surface area contributed by atoms with Gasteiger partial charge in [0.25, 0.3) is 0 Å². The molecule has 1 aliphatic rings. The number of fused-ring (bicyclic) bond motifs is 1. The SMILES string of the molecule is CCc1nc2c(N)ncnc2n1[C@@H]1O[C@H](CN(C)CCCCON)[C@@H](OS(=O)(=O)O)[C@H]1O. The molecule has 3 heterocycles. The van der Waals surface area contributed by atoms with E-state index in [1.54, 1.807) is 4.57 Å². The van der Waals surface area contributed by atoms with E-state index in [0.717, 1.165) is 12.8 Å². The molecule has 6 N–H and O–H groups in total. The van der Waals surface area contributed by atoms with Crippen molar-refractivity contribution in [3.8, 4) is 0 Å². The van der Waals surface area contributed by atoms with Crippen molar-refractivity contribution in [3.63, 3.8) is 0 Å². The molecule has 1 saturated heterocycles. The van der Waals surface area contributed by atoms with Crippen molar-refractivity contribution in [2.75, 3.05) is 32.5 Å². The number of likely N-dealkylation sites (N-methyl/N-ethyl adjacent to an activating group) is 1. The van der Waals surface area contributed by atoms with Gasteiger partial charge in [0.2, 0.25) is 0 Å². The predicted octanol–water partition coefficient (Wildman–Crippen LogP) is -0.980. The Kier molecular flexibility index (Phi) is 7.94. The first-order chi connectivity index (χ1) is 15.2. The summed E-state index contributed by atoms with van der Waals surface area (Å²) in [4.78, 5) is 19.0. The first-order valence-corrected chi connectivity index (χ1v) is 11.5. The van der Waals surface area contributed by atoms with Gasteiger partial charge < -0.3 is 25.3 Å². The highest BCUT2D eigenvalue weighted by Crippen LogP contribution is 2.36. The van der Waals surface area contributed by atoms with Crippen LogP contribution in [0.1, 0.15) is 31.8 Å². The lowest BCUT2D eigenvalue weighted by Gasteiger charge is -2.24. The average molecular weight is 476 g/mol. The molecule has 0 saturated carbocycles. The molecule has 3 rings (SSSR count). The van der Waals surface area contributed by atoms with Crippen LogP contribution in [-0.4, -0.2) is 87.6 Å². The van der Waals surface area contributed by atoms with E-state index in [9.17, 15) is 18.1 Å². The molecular weight excluding hydrogens is 446 g/mol. The fraction of sp³-hybridized carbons (Fsp3) is 0.706. The van der Waals surface area contributed by atoms with E-state index in [1.807, 2.05) is 18.9 Å². The zero-order valence-electron chi connectivity index (χ0n) is 17.9. The molecule has 1 aliphatic heterocycles. The Morgan fingerprint density at radius 1 is 1.34 bits per heavy atom. The summed E-state index contributed by atoms with van der Waals surface area (Å²) in [6, 6.07) is 0. The second-order valence-electron chi connectivity index (χ2n) is 7.57. The van der Waals surface area contributed by atoms with Crippen LogP contribution >= 0.6 is 0 Å². The molecule has 0 spiro atoms. The summed E-state index contributed by atoms with van der Waals surface area (Å²) in [7, 11) is -3.04. The molecule has 1 fully saturated rings. The van der Waals surface area contributed by atoms with Crippen molar-refractivity contribution in [2.24, 2.45) is 5.90 Å². The number of ether oxygens (including phenoxy) is 1. The van der Waals surface area contributed by atoms with Crippen LogP contribution in [0, 0.1) is 0 Å². The number of aromatic nitrogens is 4. The zero-order valence-corrected chi connectivity index (χ0v) is 18.7. The van der Waals surface area contributed by atoms with Gasteiger partial charge in [-0.2, -0.15) is 8.42 Å². The van der Waals surface area contributed by atoms with Crippen LogP contribution in [0.2, 0.25) is 0 Å². The van der Waals surface area contributed by atoms with E-state index >= 15 is 0 Å². The molecule has 0 aliphatic carbocycles. The Bertz CT molecular complexity index is 1020. The van der Waals surface area contributed by atoms with Crippen LogP contribution in [0.15, 0.2) is 6.33 Å². The number of aliphatic hydroxyl groups excluding tert-OH is 1. The zero-order chi connectivity index (χ0) is 23.5. The van der Waals surface area contributed by atoms with Crippen molar-refractivity contribution in [1.29, 1.82) is 0 Å². The van der Waals surface area contributed by atoms with E-state index in [2.05, 4.69) is 19.8 Å². The number of nitrogens with two attached hydrogens (primary N) is 2. The number of aliphatic hydroxyl groups is 1. The first kappa shape index (κ1) is 24.7. The standard InChI is InChI=1S/C17H29N7O7S/c1-3-11-22-12-15(18)20-9-21-16(12)24(11)17-13(25)14(31-32(26,27)28)10(30-17)8-23(2)6-4-5-7-29-19/h9-10,13-14,17,25H,3-8,19H2,1-2H3,(H2,18,20,21)(H,26,27,28)/t10-,13-,14-,17-/m1/s1. The Hall–Kier alpha value is -1.98. The van der Waals surface area contributed by atoms with Crippen LogP contribution in [0.4, 0.5) is 5.82 Å². The van der Waals surface area contributed by atoms with Gasteiger partial charge in [0, 0.05) is 13.0 Å². The number of hydrogen-bond donors (Lipinski definition) is 4. The van der Waals surface area contributed by atoms with Crippen LogP contribution in [0.3, 0.4) is 0 Å². The van der Waals surface area contributed by atoms with Gasteiger partial charge >= 0.3 is 10.4 Å². The Morgan fingerprint density at radius 3 is 2.75 bits per heavy atom. The maximum absolute atomic E-state index is 11.5. The van der Waals surface area contributed by atoms with Gasteiger partial charge in [0.1, 0.15) is 30.5 Å². The number of nitrogen functional groups attached to an aromatic ring is 1. The average Bonchev–Trinajstić information content (AvgIpc) is 3.23. The molecule has 15 heteroatoms. The number of nitrogens with zero attached hydrogens (tertiary/aromatic N) is 5. The predicted molar refractivity (Wildman–Crippen MR) is 112 cm³/mol. The summed E-state index contributed by atoms with van der Waals surface area (Å²) < 4.78 is 44.6. The molecule has 14 nitrogen and oxygen atoms in total. The molecule has 0 amide bonds. The second-order valence-corrected chi connectivity index (χ2v) is 8.62. The minimum atomic E-state index is -4.85. The molecule has 2 aromatic rings. The third-order valence-corrected chi connectivity index (χ3v) is 5.70. The summed E-state index contributed by atoms with van der Waals surface area (Å²) in [5, 5.41) is 11.0. The Labute approximate surface area is 185 Å². The van der Waals surface area contributed by atoms with E-state index in [4.69, 9.17) is 20.6 Å². The van der Waals surface area contributed by atoms with Crippen LogP contribution in [-0.2, 0) is 30.6 Å². The number of imidazole rings is 1. The van der Waals surface area contributed by atoms with Gasteiger partial charge in [-0.15, -0.1) is 0 Å². The third kappa shape index (κ3) is 5.49. The number of hydrogen-bond acceptors (Lipinski definition) is 12. The molecule has 4 atom stereocenters. The van der Waals surface area contributed by atoms with Crippen molar-refractivity contribution in [1.82, 2.24) is 24.4 Å². The van der Waals surface area contributed by atoms with Gasteiger partial charge in [-0.3, -0.25) is 9.12 Å². The minimum absolute atomic E-state index is 0.166. The van der Waals surface area contributed by atoms with Gasteiger partial charge in [-0.1, -0.05) is 6.92 Å². The summed E-state index contributed by atoms with van der Waals surface area (Å²) in [6.45, 7) is 3.13. The van der Waals surface area contributed by atoms with Gasteiger partial charge in [-0.25, -0.2) is 25.0 Å². The van der Waals surface area contributed by atoms with Crippen molar-refractivity contribution < 1.29 is 31.8 Å². The molecule has 0 unspecified atom stereocenters. The van der Waals surface area contributed by atoms with Gasteiger partial charge in [0.05, 0.1) is 6.61 Å². The molecule has 2 aromatic heterocycles. The molecule has 0 bridgehead atoms. The summed E-state index contributed by atoms with van der Waals surface area (Å²) >= 11 is 0. The molecule has 0 aromatic carbocycles. The van der Waals surface area contributed by atoms with Crippen molar-refractivity contribution in [2.45, 2.75) is 50.7 Å². The normalized spacial score (nSPS) is 24.1. The highest BCUT2D eigenvalue weighted by molar-refractivity contribution is 7.80. The largest absolute Gasteiger partial charge is 0.397 e. The summed E-state index contributed by atoms with van der Waals surface area (Å²) in [6.07, 6.45) is -1.51. The third-order valence-electron chi connectivity index (χ3n) is 5.23. The lowest BCUT2D eigenvalue weighted by atomic mass is 10.1. The van der Waals surface area contributed by atoms with Crippen LogP contribution in [0.5, 0.6) is 0 Å². The molecular formula is C17H29N7O7S. The van der Waals surface area contributed by atoms with Crippen molar-refractivity contribution in [3.05, 3.63) is 12.2 Å². The smallest absolute Gasteiger partial charge is 0.385 e. The number of unbranched alkanes of at least 4 members (excludes halogenated alkanes) is 1. The Morgan fingerprint density at radius 2 is 2.09 bits per heavy atom. The maximum atomic E-state index is 11.5. The fourth-order valence-electron chi connectivity index (χ4n) is 3.79. The number of aryl methyl sites for hydroxylation is 1. The van der Waals surface area contributed by atoms with Gasteiger partial charge in [-0.05, 0) is 26.4 Å². The van der Waals surface area contributed by atoms with Crippen molar-refractivity contribution >= 4 is 27.4 Å². The maximum Gasteiger partial charge on any atom is 0.397 e. The van der Waals surface area contributed by atoms with E-state index in [-0.39, 0.29) is 12.4 Å². The highest BCUT2D eigenvalue weighted by Gasteiger charge is 2.49. The molecule has 0 radical (unpaired) electrons. The van der Waals surface area contributed by atoms with E-state index < -0.39 is 34.9 Å². The Balaban J connectivity index is 1.89. The first-order valence-electron chi connectivity index (χ1n) is 10.1. The quantitative estimate of drug-likeness (QED) is 0.176. The van der Waals surface area contributed by atoms with Crippen LogP contribution < -0.4 is 11.6 Å². The monoisotopic (exact) mass is 475 g/mol. The molecule has 32 heavy (non-hydrogen) atoms. The summed E-state index contributed by atoms with van der Waals surface area (Å²) in [5.41, 5.74) is 6.58. The second kappa shape index (κ2) is 10.3. The van der Waals surface area contributed by atoms with E-state index in [1.165, 1.54) is 6.33 Å².